The molecule has 0 N–H and O–H groups in total. The third-order valence-corrected chi connectivity index (χ3v) is 8.23. The van der Waals surface area contributed by atoms with E-state index in [4.69, 9.17) is 4.98 Å². The molecule has 0 bridgehead atoms. The van der Waals surface area contributed by atoms with Gasteiger partial charge in [0.25, 0.3) is 0 Å². The molecule has 5 rings (SSSR count). The van der Waals surface area contributed by atoms with Crippen molar-refractivity contribution in [1.82, 2.24) is 9.97 Å². The number of rotatable bonds is 4. The van der Waals surface area contributed by atoms with Crippen molar-refractivity contribution in [3.8, 4) is 40.7 Å². The highest BCUT2D eigenvalue weighted by atomic mass is 32.1. The van der Waals surface area contributed by atoms with Gasteiger partial charge < -0.3 is 0 Å². The van der Waals surface area contributed by atoms with Crippen molar-refractivity contribution in [2.75, 3.05) is 0 Å². The van der Waals surface area contributed by atoms with Crippen molar-refractivity contribution in [3.63, 3.8) is 0 Å². The second kappa shape index (κ2) is 6.89. The zero-order valence-corrected chi connectivity index (χ0v) is 16.7. The van der Waals surface area contributed by atoms with E-state index in [-0.39, 0.29) is 0 Å². The molecule has 0 fully saturated rings. The van der Waals surface area contributed by atoms with Crippen molar-refractivity contribution in [2.45, 2.75) is 0 Å². The summed E-state index contributed by atoms with van der Waals surface area (Å²) >= 11 is 7.05. The fourth-order valence-electron chi connectivity index (χ4n) is 2.66. The Balaban J connectivity index is 1.48. The van der Waals surface area contributed by atoms with Crippen LogP contribution in [0.4, 0.5) is 0 Å². The first kappa shape index (κ1) is 16.1. The van der Waals surface area contributed by atoms with Gasteiger partial charge in [0, 0.05) is 19.5 Å². The predicted molar refractivity (Wildman–Crippen MR) is 115 cm³/mol. The minimum atomic E-state index is 0.932. The van der Waals surface area contributed by atoms with Gasteiger partial charge in [0.15, 0.2) is 0 Å². The van der Waals surface area contributed by atoms with E-state index in [2.05, 4.69) is 64.3 Å². The summed E-state index contributed by atoms with van der Waals surface area (Å²) in [6.07, 6.45) is 3.70. The van der Waals surface area contributed by atoms with E-state index in [0.717, 1.165) is 21.1 Å². The highest BCUT2D eigenvalue weighted by molar-refractivity contribution is 7.23. The molecule has 26 heavy (non-hydrogen) atoms. The average Bonchev–Trinajstić information content (AvgIpc) is 3.49. The summed E-state index contributed by atoms with van der Waals surface area (Å²) in [7, 11) is 0. The zero-order chi connectivity index (χ0) is 17.3. The highest BCUT2D eigenvalue weighted by Gasteiger charge is 2.11. The lowest BCUT2D eigenvalue weighted by molar-refractivity contribution is 1.22. The average molecular weight is 409 g/mol. The van der Waals surface area contributed by atoms with Gasteiger partial charge in [0.1, 0.15) is 0 Å². The van der Waals surface area contributed by atoms with Crippen molar-refractivity contribution in [3.05, 3.63) is 71.7 Å². The normalized spacial score (nSPS) is 11.1. The molecule has 6 heteroatoms. The monoisotopic (exact) mass is 408 g/mol. The molecule has 0 aliphatic carbocycles. The fourth-order valence-corrected chi connectivity index (χ4v) is 6.25. The maximum Gasteiger partial charge on any atom is 0.0992 e. The van der Waals surface area contributed by atoms with Gasteiger partial charge in [-0.3, -0.25) is 4.98 Å². The van der Waals surface area contributed by atoms with Crippen molar-refractivity contribution in [1.29, 1.82) is 0 Å². The first-order chi connectivity index (χ1) is 12.9. The maximum absolute atomic E-state index is 4.87. The molecule has 0 atom stereocenters. The van der Waals surface area contributed by atoms with Gasteiger partial charge in [-0.15, -0.1) is 45.3 Å². The molecule has 0 aliphatic rings. The lowest BCUT2D eigenvalue weighted by Gasteiger charge is -2.00. The van der Waals surface area contributed by atoms with Gasteiger partial charge in [0.05, 0.1) is 33.5 Å². The minimum Gasteiger partial charge on any atom is -0.260 e. The zero-order valence-electron chi connectivity index (χ0n) is 13.5. The third kappa shape index (κ3) is 3.05. The van der Waals surface area contributed by atoms with Crippen LogP contribution in [-0.2, 0) is 0 Å². The summed E-state index contributed by atoms with van der Waals surface area (Å²) in [4.78, 5) is 16.8. The summed E-state index contributed by atoms with van der Waals surface area (Å²) in [6.45, 7) is 0. The molecule has 126 valence electrons. The Hall–Kier alpha value is -2.12. The minimum absolute atomic E-state index is 0.932. The summed E-state index contributed by atoms with van der Waals surface area (Å²) in [5, 5.41) is 4.22. The van der Waals surface area contributed by atoms with Crippen LogP contribution in [0.2, 0.25) is 0 Å². The van der Waals surface area contributed by atoms with Crippen LogP contribution in [0.5, 0.6) is 0 Å². The molecule has 0 saturated heterocycles. The molecular formula is C20H12N2S4. The molecular weight excluding hydrogens is 397 g/mol. The van der Waals surface area contributed by atoms with Crippen LogP contribution in [0.15, 0.2) is 71.7 Å². The van der Waals surface area contributed by atoms with Crippen molar-refractivity contribution < 1.29 is 0 Å². The van der Waals surface area contributed by atoms with Gasteiger partial charge in [-0.25, -0.2) is 4.98 Å². The third-order valence-electron chi connectivity index (χ3n) is 3.88. The SMILES string of the molecule is c1csc(-c2ccc(-c3cncc(-c4ccc(-c5cccs5)s4)n3)s2)c1. The van der Waals surface area contributed by atoms with E-state index >= 15 is 0 Å². The van der Waals surface area contributed by atoms with E-state index in [9.17, 15) is 0 Å². The van der Waals surface area contributed by atoms with Crippen LogP contribution in [0.3, 0.4) is 0 Å². The molecule has 2 nitrogen and oxygen atoms in total. The quantitative estimate of drug-likeness (QED) is 0.310. The van der Waals surface area contributed by atoms with Crippen LogP contribution < -0.4 is 0 Å². The Bertz CT molecular complexity index is 1050. The number of hydrogen-bond donors (Lipinski definition) is 0. The van der Waals surface area contributed by atoms with Gasteiger partial charge in [-0.05, 0) is 47.2 Å². The Labute approximate surface area is 167 Å². The maximum atomic E-state index is 4.87. The standard InChI is InChI=1S/C20H12N2S4/c1-3-17(23-9-1)19-7-5-15(25-19)13-11-21-12-14(22-13)16-6-8-20(26-16)18-4-2-10-24-18/h1-12H. The fraction of sp³-hybridized carbons (Fsp3) is 0. The van der Waals surface area contributed by atoms with Gasteiger partial charge in [-0.1, -0.05) is 12.1 Å². The second-order valence-electron chi connectivity index (χ2n) is 5.57. The van der Waals surface area contributed by atoms with Gasteiger partial charge >= 0.3 is 0 Å². The Kier molecular flexibility index (Phi) is 4.26. The number of thiophene rings is 4. The Morgan fingerprint density at radius 3 is 1.50 bits per heavy atom. The van der Waals surface area contributed by atoms with Crippen LogP contribution in [0, 0.1) is 0 Å². The molecule has 5 heterocycles. The lowest BCUT2D eigenvalue weighted by Crippen LogP contribution is -1.86. The van der Waals surface area contributed by atoms with E-state index in [1.807, 2.05) is 12.4 Å². The van der Waals surface area contributed by atoms with Gasteiger partial charge in [0.2, 0.25) is 0 Å². The molecule has 0 spiro atoms. The summed E-state index contributed by atoms with van der Waals surface area (Å²) < 4.78 is 0. The second-order valence-corrected chi connectivity index (χ2v) is 9.63. The Morgan fingerprint density at radius 1 is 0.538 bits per heavy atom. The number of nitrogens with zero attached hydrogens (tertiary/aromatic N) is 2. The highest BCUT2D eigenvalue weighted by Crippen LogP contribution is 2.38. The molecule has 0 unspecified atom stereocenters. The molecule has 0 aliphatic heterocycles. The molecule has 0 aromatic carbocycles. The van der Waals surface area contributed by atoms with Gasteiger partial charge in [-0.2, -0.15) is 0 Å². The first-order valence-electron chi connectivity index (χ1n) is 7.97. The van der Waals surface area contributed by atoms with Crippen LogP contribution >= 0.6 is 45.3 Å². The molecule has 0 saturated carbocycles. The smallest absolute Gasteiger partial charge is 0.0992 e. The number of aromatic nitrogens is 2. The van der Waals surface area contributed by atoms with Crippen LogP contribution in [0.25, 0.3) is 40.7 Å². The molecule has 0 amide bonds. The van der Waals surface area contributed by atoms with E-state index < -0.39 is 0 Å². The summed E-state index contributed by atoms with van der Waals surface area (Å²) in [5.74, 6) is 0. The largest absolute Gasteiger partial charge is 0.260 e. The topological polar surface area (TPSA) is 25.8 Å². The first-order valence-corrected chi connectivity index (χ1v) is 11.4. The van der Waals surface area contributed by atoms with Crippen LogP contribution in [0.1, 0.15) is 0 Å². The summed E-state index contributed by atoms with van der Waals surface area (Å²) in [5.41, 5.74) is 1.86. The van der Waals surface area contributed by atoms with E-state index in [0.29, 0.717) is 0 Å². The molecule has 5 aromatic heterocycles. The molecule has 0 radical (unpaired) electrons. The predicted octanol–water partition coefficient (Wildman–Crippen LogP) is 7.39. The van der Waals surface area contributed by atoms with E-state index in [1.54, 1.807) is 45.3 Å². The van der Waals surface area contributed by atoms with Crippen molar-refractivity contribution in [2.24, 2.45) is 0 Å². The van der Waals surface area contributed by atoms with Crippen molar-refractivity contribution >= 4 is 45.3 Å². The van der Waals surface area contributed by atoms with E-state index in [1.165, 1.54) is 19.5 Å². The van der Waals surface area contributed by atoms with Crippen LogP contribution in [-0.4, -0.2) is 9.97 Å². The number of hydrogen-bond acceptors (Lipinski definition) is 6. The lowest BCUT2D eigenvalue weighted by atomic mass is 10.3. The Morgan fingerprint density at radius 2 is 1.04 bits per heavy atom. The summed E-state index contributed by atoms with van der Waals surface area (Å²) in [6, 6.07) is 17.1. The molecule has 5 aromatic rings.